The molecule has 150 valence electrons. The van der Waals surface area contributed by atoms with Crippen molar-refractivity contribution < 1.29 is 9.72 Å². The van der Waals surface area contributed by atoms with Crippen molar-refractivity contribution in [3.63, 3.8) is 0 Å². The molecule has 0 saturated heterocycles. The Kier molecular flexibility index (Phi) is 4.71. The van der Waals surface area contributed by atoms with E-state index in [1.807, 2.05) is 26.0 Å². The first-order valence-corrected chi connectivity index (χ1v) is 9.14. The first-order valence-electron chi connectivity index (χ1n) is 9.14. The molecular weight excluding hydrogens is 386 g/mol. The van der Waals surface area contributed by atoms with Gasteiger partial charge in [-0.1, -0.05) is 29.8 Å². The number of nitrogens with zero attached hydrogens (tertiary/aromatic N) is 5. The standard InChI is InChI=1S/C21H17N5O4/c1-13-7-8-14(2)15(9-13)19(27)11-24-12-22-20-16(21(24)28)10-23-25(20)17-5-3-4-6-18(17)26(29)30/h3-10,12H,11H2,1-2H3. The van der Waals surface area contributed by atoms with Crippen LogP contribution in [0.5, 0.6) is 0 Å². The van der Waals surface area contributed by atoms with Crippen LogP contribution in [-0.2, 0) is 6.54 Å². The van der Waals surface area contributed by atoms with Gasteiger partial charge >= 0.3 is 0 Å². The SMILES string of the molecule is Cc1ccc(C)c(C(=O)Cn2cnc3c(cnn3-c3ccccc3[N+](=O)[O-])c2=O)c1. The van der Waals surface area contributed by atoms with Crippen molar-refractivity contribution in [2.75, 3.05) is 0 Å². The lowest BCUT2D eigenvalue weighted by Crippen LogP contribution is -2.25. The number of ketones is 1. The maximum atomic E-state index is 12.9. The summed E-state index contributed by atoms with van der Waals surface area (Å²) in [6.07, 6.45) is 2.57. The average Bonchev–Trinajstić information content (AvgIpc) is 3.16. The molecule has 0 amide bonds. The Labute approximate surface area is 170 Å². The van der Waals surface area contributed by atoms with Crippen LogP contribution in [0.15, 0.2) is 59.8 Å². The number of Topliss-reactive ketones (excluding diaryl/α,β-unsaturated/α-hetero) is 1. The van der Waals surface area contributed by atoms with E-state index in [1.165, 1.54) is 33.9 Å². The van der Waals surface area contributed by atoms with E-state index in [4.69, 9.17) is 0 Å². The van der Waals surface area contributed by atoms with Crippen LogP contribution >= 0.6 is 0 Å². The fourth-order valence-electron chi connectivity index (χ4n) is 3.31. The average molecular weight is 403 g/mol. The zero-order valence-corrected chi connectivity index (χ0v) is 16.3. The number of para-hydroxylation sites is 2. The largest absolute Gasteiger partial charge is 0.294 e. The lowest BCUT2D eigenvalue weighted by atomic mass is 10.0. The van der Waals surface area contributed by atoms with Crippen LogP contribution in [0.1, 0.15) is 21.5 Å². The first-order chi connectivity index (χ1) is 14.4. The van der Waals surface area contributed by atoms with Crippen molar-refractivity contribution in [2.45, 2.75) is 20.4 Å². The predicted octanol–water partition coefficient (Wildman–Crippen LogP) is 2.99. The Balaban J connectivity index is 1.75. The summed E-state index contributed by atoms with van der Waals surface area (Å²) < 4.78 is 2.48. The quantitative estimate of drug-likeness (QED) is 0.288. The molecule has 0 spiro atoms. The third kappa shape index (κ3) is 3.26. The van der Waals surface area contributed by atoms with E-state index in [-0.39, 0.29) is 34.7 Å². The maximum absolute atomic E-state index is 12.9. The zero-order chi connectivity index (χ0) is 21.4. The summed E-state index contributed by atoms with van der Waals surface area (Å²) in [5.74, 6) is -0.203. The summed E-state index contributed by atoms with van der Waals surface area (Å²) in [6, 6.07) is 11.6. The van der Waals surface area contributed by atoms with Crippen LogP contribution in [0.2, 0.25) is 0 Å². The molecule has 2 aromatic heterocycles. The van der Waals surface area contributed by atoms with E-state index in [1.54, 1.807) is 18.2 Å². The van der Waals surface area contributed by atoms with Gasteiger partial charge in [0.1, 0.15) is 17.4 Å². The van der Waals surface area contributed by atoms with Gasteiger partial charge in [0, 0.05) is 11.6 Å². The monoisotopic (exact) mass is 403 g/mol. The second-order valence-electron chi connectivity index (χ2n) is 6.96. The third-order valence-corrected chi connectivity index (χ3v) is 4.87. The molecule has 9 heteroatoms. The molecule has 0 fully saturated rings. The summed E-state index contributed by atoms with van der Waals surface area (Å²) in [5.41, 5.74) is 2.13. The van der Waals surface area contributed by atoms with Gasteiger partial charge in [-0.05, 0) is 31.5 Å². The lowest BCUT2D eigenvalue weighted by molar-refractivity contribution is -0.384. The highest BCUT2D eigenvalue weighted by atomic mass is 16.6. The second-order valence-corrected chi connectivity index (χ2v) is 6.96. The van der Waals surface area contributed by atoms with Gasteiger partial charge in [0.05, 0.1) is 17.7 Å². The van der Waals surface area contributed by atoms with E-state index in [0.29, 0.717) is 5.56 Å². The summed E-state index contributed by atoms with van der Waals surface area (Å²) >= 11 is 0. The van der Waals surface area contributed by atoms with Gasteiger partial charge in [-0.15, -0.1) is 0 Å². The van der Waals surface area contributed by atoms with Gasteiger partial charge in [-0.2, -0.15) is 5.10 Å². The minimum Gasteiger partial charge on any atom is -0.292 e. The number of nitro groups is 1. The molecule has 0 bridgehead atoms. The zero-order valence-electron chi connectivity index (χ0n) is 16.3. The van der Waals surface area contributed by atoms with Gasteiger partial charge < -0.3 is 0 Å². The minimum absolute atomic E-state index is 0.154. The van der Waals surface area contributed by atoms with Crippen LogP contribution < -0.4 is 5.56 Å². The minimum atomic E-state index is -0.521. The van der Waals surface area contributed by atoms with Gasteiger partial charge in [0.2, 0.25) is 0 Å². The molecular formula is C21H17N5O4. The lowest BCUT2D eigenvalue weighted by Gasteiger charge is -2.08. The molecule has 0 atom stereocenters. The third-order valence-electron chi connectivity index (χ3n) is 4.87. The Morgan fingerprint density at radius 3 is 2.70 bits per heavy atom. The number of benzene rings is 2. The molecule has 0 radical (unpaired) electrons. The Hall–Kier alpha value is -4.14. The summed E-state index contributed by atoms with van der Waals surface area (Å²) in [7, 11) is 0. The van der Waals surface area contributed by atoms with Crippen molar-refractivity contribution in [1.82, 2.24) is 19.3 Å². The molecule has 0 aliphatic heterocycles. The van der Waals surface area contributed by atoms with Crippen LogP contribution in [0.3, 0.4) is 0 Å². The van der Waals surface area contributed by atoms with Crippen molar-refractivity contribution in [3.05, 3.63) is 92.1 Å². The first kappa shape index (κ1) is 19.2. The normalized spacial score (nSPS) is 11.0. The van der Waals surface area contributed by atoms with Crippen LogP contribution in [-0.4, -0.2) is 30.0 Å². The number of hydrogen-bond acceptors (Lipinski definition) is 6. The summed E-state index contributed by atoms with van der Waals surface area (Å²) in [6.45, 7) is 3.57. The molecule has 0 aliphatic rings. The number of aromatic nitrogens is 4. The van der Waals surface area contributed by atoms with E-state index >= 15 is 0 Å². The number of fused-ring (bicyclic) bond motifs is 1. The number of carbonyl (C=O) groups is 1. The molecule has 0 saturated carbocycles. The fourth-order valence-corrected chi connectivity index (χ4v) is 3.31. The smallest absolute Gasteiger partial charge is 0.292 e. The van der Waals surface area contributed by atoms with Gasteiger partial charge in [0.25, 0.3) is 11.2 Å². The Bertz CT molecular complexity index is 1370. The maximum Gasteiger partial charge on any atom is 0.294 e. The van der Waals surface area contributed by atoms with E-state index in [0.717, 1.165) is 11.1 Å². The van der Waals surface area contributed by atoms with Gasteiger partial charge in [-0.3, -0.25) is 24.3 Å². The Morgan fingerprint density at radius 2 is 1.93 bits per heavy atom. The molecule has 0 unspecified atom stereocenters. The van der Waals surface area contributed by atoms with Crippen molar-refractivity contribution in [1.29, 1.82) is 0 Å². The summed E-state index contributed by atoms with van der Waals surface area (Å²) in [5, 5.41) is 15.6. The Morgan fingerprint density at radius 1 is 1.17 bits per heavy atom. The van der Waals surface area contributed by atoms with Crippen LogP contribution in [0, 0.1) is 24.0 Å². The van der Waals surface area contributed by atoms with Crippen LogP contribution in [0.25, 0.3) is 16.7 Å². The number of aryl methyl sites for hydroxylation is 2. The second kappa shape index (κ2) is 7.36. The topological polar surface area (TPSA) is 113 Å². The summed E-state index contributed by atoms with van der Waals surface area (Å²) in [4.78, 5) is 40.7. The molecule has 0 aliphatic carbocycles. The molecule has 0 N–H and O–H groups in total. The number of carbonyl (C=O) groups excluding carboxylic acids is 1. The van der Waals surface area contributed by atoms with E-state index < -0.39 is 10.5 Å². The van der Waals surface area contributed by atoms with Crippen molar-refractivity contribution >= 4 is 22.5 Å². The van der Waals surface area contributed by atoms with Crippen molar-refractivity contribution in [2.24, 2.45) is 0 Å². The van der Waals surface area contributed by atoms with Gasteiger partial charge in [0.15, 0.2) is 11.4 Å². The number of rotatable bonds is 5. The highest BCUT2D eigenvalue weighted by Gasteiger charge is 2.20. The molecule has 9 nitrogen and oxygen atoms in total. The fraction of sp³-hybridized carbons (Fsp3) is 0.143. The van der Waals surface area contributed by atoms with Crippen molar-refractivity contribution in [3.8, 4) is 5.69 Å². The number of nitro benzene ring substituents is 1. The van der Waals surface area contributed by atoms with E-state index in [2.05, 4.69) is 10.1 Å². The highest BCUT2D eigenvalue weighted by molar-refractivity contribution is 5.97. The molecule has 30 heavy (non-hydrogen) atoms. The molecule has 4 aromatic rings. The predicted molar refractivity (Wildman–Crippen MR) is 110 cm³/mol. The highest BCUT2D eigenvalue weighted by Crippen LogP contribution is 2.24. The number of hydrogen-bond donors (Lipinski definition) is 0. The molecule has 2 heterocycles. The van der Waals surface area contributed by atoms with Crippen LogP contribution in [0.4, 0.5) is 5.69 Å². The molecule has 2 aromatic carbocycles. The van der Waals surface area contributed by atoms with Gasteiger partial charge in [-0.25, -0.2) is 9.67 Å². The van der Waals surface area contributed by atoms with E-state index in [9.17, 15) is 19.7 Å². The molecule has 4 rings (SSSR count).